The van der Waals surface area contributed by atoms with Crippen LogP contribution < -0.4 is 5.32 Å². The molecule has 1 atom stereocenters. The lowest BCUT2D eigenvalue weighted by atomic mass is 9.97. The van der Waals surface area contributed by atoms with Gasteiger partial charge in [0.2, 0.25) is 0 Å². The van der Waals surface area contributed by atoms with Gasteiger partial charge in [-0.25, -0.2) is 4.98 Å². The van der Waals surface area contributed by atoms with Gasteiger partial charge in [0.1, 0.15) is 5.01 Å². The predicted octanol–water partition coefficient (Wildman–Crippen LogP) is 4.95. The highest BCUT2D eigenvalue weighted by Crippen LogP contribution is 2.31. The zero-order chi connectivity index (χ0) is 17.7. The van der Waals surface area contributed by atoms with E-state index < -0.39 is 5.97 Å². The summed E-state index contributed by atoms with van der Waals surface area (Å²) in [6, 6.07) is 5.28. The molecule has 1 unspecified atom stereocenters. The maximum Gasteiger partial charge on any atom is 0.307 e. The first kappa shape index (κ1) is 19.2. The van der Waals surface area contributed by atoms with Crippen LogP contribution in [0.1, 0.15) is 25.3 Å². The fourth-order valence-electron chi connectivity index (χ4n) is 2.40. The van der Waals surface area contributed by atoms with Crippen LogP contribution in [-0.2, 0) is 11.3 Å². The van der Waals surface area contributed by atoms with Gasteiger partial charge in [0.05, 0.1) is 16.6 Å². The van der Waals surface area contributed by atoms with Gasteiger partial charge < -0.3 is 10.4 Å². The van der Waals surface area contributed by atoms with E-state index in [0.29, 0.717) is 35.5 Å². The second-order valence-corrected chi connectivity index (χ2v) is 7.83. The number of hydrogen-bond donors (Lipinski definition) is 2. The van der Waals surface area contributed by atoms with Crippen LogP contribution in [0, 0.1) is 11.8 Å². The monoisotopic (exact) mass is 386 g/mol. The zero-order valence-electron chi connectivity index (χ0n) is 13.6. The number of carboxylic acid groups (broad SMARTS) is 1. The fourth-order valence-corrected chi connectivity index (χ4v) is 3.55. The Labute approximate surface area is 155 Å². The number of carboxylic acids is 1. The lowest BCUT2D eigenvalue weighted by Crippen LogP contribution is -2.29. The van der Waals surface area contributed by atoms with E-state index >= 15 is 0 Å². The molecule has 130 valence electrons. The molecular weight excluding hydrogens is 367 g/mol. The van der Waals surface area contributed by atoms with E-state index in [1.165, 1.54) is 11.3 Å². The lowest BCUT2D eigenvalue weighted by Gasteiger charge is -2.14. The summed E-state index contributed by atoms with van der Waals surface area (Å²) in [5.41, 5.74) is 1.58. The molecule has 0 radical (unpaired) electrons. The molecule has 0 aliphatic heterocycles. The second-order valence-electron chi connectivity index (χ2n) is 6.05. The van der Waals surface area contributed by atoms with Gasteiger partial charge in [0.25, 0.3) is 0 Å². The molecule has 2 N–H and O–H groups in total. The highest BCUT2D eigenvalue weighted by Gasteiger charge is 2.18. The minimum Gasteiger partial charge on any atom is -0.481 e. The Balaban J connectivity index is 1.96. The molecule has 24 heavy (non-hydrogen) atoms. The molecule has 7 heteroatoms. The maximum atomic E-state index is 11.3. The maximum absolute atomic E-state index is 11.3. The molecule has 4 nitrogen and oxygen atoms in total. The van der Waals surface area contributed by atoms with Gasteiger partial charge in [-0.2, -0.15) is 0 Å². The summed E-state index contributed by atoms with van der Waals surface area (Å²) in [5, 5.41) is 16.5. The van der Waals surface area contributed by atoms with Gasteiger partial charge in [0.15, 0.2) is 0 Å². The van der Waals surface area contributed by atoms with Gasteiger partial charge in [-0.3, -0.25) is 4.79 Å². The number of nitrogens with zero attached hydrogens (tertiary/aromatic N) is 1. The standard InChI is InChI=1S/C17H20Cl2N2O2S/c1-10(2)5-11(17(22)23)7-20-8-16-21-15(9-24-16)13-6-12(18)3-4-14(13)19/h3-4,6,9-11,20H,5,7-8H2,1-2H3,(H,22,23). The van der Waals surface area contributed by atoms with E-state index in [-0.39, 0.29) is 5.92 Å². The van der Waals surface area contributed by atoms with E-state index in [0.717, 1.165) is 16.3 Å². The molecule has 2 aromatic rings. The predicted molar refractivity (Wildman–Crippen MR) is 99.9 cm³/mol. The van der Waals surface area contributed by atoms with Crippen molar-refractivity contribution in [1.29, 1.82) is 0 Å². The Kier molecular flexibility index (Phi) is 7.04. The highest BCUT2D eigenvalue weighted by atomic mass is 35.5. The number of benzene rings is 1. The van der Waals surface area contributed by atoms with Gasteiger partial charge in [-0.05, 0) is 30.5 Å². The third kappa shape index (κ3) is 5.45. The SMILES string of the molecule is CC(C)CC(CNCc1nc(-c2cc(Cl)ccc2Cl)cs1)C(=O)O. The van der Waals surface area contributed by atoms with Crippen LogP contribution in [0.2, 0.25) is 10.0 Å². The topological polar surface area (TPSA) is 62.2 Å². The Hall–Kier alpha value is -1.14. The van der Waals surface area contributed by atoms with Crippen LogP contribution in [0.25, 0.3) is 11.3 Å². The fraction of sp³-hybridized carbons (Fsp3) is 0.412. The van der Waals surface area contributed by atoms with Crippen LogP contribution in [0.4, 0.5) is 0 Å². The smallest absolute Gasteiger partial charge is 0.307 e. The van der Waals surface area contributed by atoms with Crippen molar-refractivity contribution in [2.24, 2.45) is 11.8 Å². The molecule has 1 aromatic heterocycles. The summed E-state index contributed by atoms with van der Waals surface area (Å²) < 4.78 is 0. The highest BCUT2D eigenvalue weighted by molar-refractivity contribution is 7.09. The Morgan fingerprint density at radius 3 is 2.79 bits per heavy atom. The van der Waals surface area contributed by atoms with Crippen LogP contribution in [0.5, 0.6) is 0 Å². The summed E-state index contributed by atoms with van der Waals surface area (Å²) in [6.45, 7) is 5.01. The summed E-state index contributed by atoms with van der Waals surface area (Å²) in [5.74, 6) is -0.794. The molecule has 0 saturated heterocycles. The Morgan fingerprint density at radius 1 is 1.38 bits per heavy atom. The number of halogens is 2. The average molecular weight is 387 g/mol. The lowest BCUT2D eigenvalue weighted by molar-refractivity contribution is -0.142. The van der Waals surface area contributed by atoms with E-state index in [9.17, 15) is 9.90 Å². The number of thiazole rings is 1. The first-order valence-corrected chi connectivity index (χ1v) is 9.33. The molecule has 2 rings (SSSR count). The van der Waals surface area contributed by atoms with Crippen LogP contribution in [-0.4, -0.2) is 22.6 Å². The van der Waals surface area contributed by atoms with Gasteiger partial charge >= 0.3 is 5.97 Å². The first-order chi connectivity index (χ1) is 11.4. The number of rotatable bonds is 8. The van der Waals surface area contributed by atoms with Crippen molar-refractivity contribution in [1.82, 2.24) is 10.3 Å². The van der Waals surface area contributed by atoms with Crippen LogP contribution in [0.3, 0.4) is 0 Å². The Morgan fingerprint density at radius 2 is 2.12 bits per heavy atom. The van der Waals surface area contributed by atoms with E-state index in [4.69, 9.17) is 23.2 Å². The molecule has 0 amide bonds. The van der Waals surface area contributed by atoms with Crippen molar-refractivity contribution >= 4 is 40.5 Å². The molecule has 0 fully saturated rings. The minimum absolute atomic E-state index is 0.351. The molecule has 0 bridgehead atoms. The van der Waals surface area contributed by atoms with Gasteiger partial charge in [-0.1, -0.05) is 37.0 Å². The molecule has 1 heterocycles. The molecule has 1 aromatic carbocycles. The molecule has 0 spiro atoms. The van der Waals surface area contributed by atoms with Crippen LogP contribution >= 0.6 is 34.5 Å². The van der Waals surface area contributed by atoms with Crippen molar-refractivity contribution < 1.29 is 9.90 Å². The number of aromatic nitrogens is 1. The molecule has 0 aliphatic rings. The third-order valence-electron chi connectivity index (χ3n) is 3.53. The molecule has 0 aliphatic carbocycles. The summed E-state index contributed by atoms with van der Waals surface area (Å²) in [7, 11) is 0. The van der Waals surface area contributed by atoms with E-state index in [2.05, 4.69) is 10.3 Å². The van der Waals surface area contributed by atoms with Crippen molar-refractivity contribution in [2.75, 3.05) is 6.54 Å². The summed E-state index contributed by atoms with van der Waals surface area (Å²) in [4.78, 5) is 15.8. The quantitative estimate of drug-likeness (QED) is 0.673. The average Bonchev–Trinajstić information content (AvgIpc) is 2.97. The third-order valence-corrected chi connectivity index (χ3v) is 4.94. The largest absolute Gasteiger partial charge is 0.481 e. The van der Waals surface area contributed by atoms with Crippen molar-refractivity contribution in [3.63, 3.8) is 0 Å². The summed E-state index contributed by atoms with van der Waals surface area (Å²) in [6.07, 6.45) is 0.656. The minimum atomic E-state index is -0.762. The first-order valence-electron chi connectivity index (χ1n) is 7.70. The van der Waals surface area contributed by atoms with Crippen LogP contribution in [0.15, 0.2) is 23.6 Å². The van der Waals surface area contributed by atoms with Crippen molar-refractivity contribution in [3.05, 3.63) is 38.6 Å². The van der Waals surface area contributed by atoms with E-state index in [1.807, 2.05) is 19.2 Å². The normalized spacial score (nSPS) is 12.5. The number of aliphatic carboxylic acids is 1. The zero-order valence-corrected chi connectivity index (χ0v) is 15.9. The van der Waals surface area contributed by atoms with Crippen molar-refractivity contribution in [3.8, 4) is 11.3 Å². The molecular formula is C17H20Cl2N2O2S. The second kappa shape index (κ2) is 8.81. The van der Waals surface area contributed by atoms with Gasteiger partial charge in [-0.15, -0.1) is 11.3 Å². The summed E-state index contributed by atoms with van der Waals surface area (Å²) >= 11 is 13.7. The van der Waals surface area contributed by atoms with E-state index in [1.54, 1.807) is 18.2 Å². The van der Waals surface area contributed by atoms with Gasteiger partial charge in [0, 0.05) is 29.1 Å². The number of nitrogens with one attached hydrogen (secondary N) is 1. The molecule has 0 saturated carbocycles. The van der Waals surface area contributed by atoms with Crippen molar-refractivity contribution in [2.45, 2.75) is 26.8 Å². The number of hydrogen-bond acceptors (Lipinski definition) is 4. The number of carbonyl (C=O) groups is 1. The Bertz CT molecular complexity index is 704.